The van der Waals surface area contributed by atoms with E-state index in [1.165, 1.54) is 0 Å². The maximum absolute atomic E-state index is 4.44. The molecule has 3 nitrogen and oxygen atoms in total. The van der Waals surface area contributed by atoms with Gasteiger partial charge in [0.15, 0.2) is 0 Å². The van der Waals surface area contributed by atoms with Crippen LogP contribution in [0.4, 0.5) is 5.69 Å². The SMILES string of the molecule is CCNc1ccnc(CN(C)C(C)C(C)(C)C)c1. The van der Waals surface area contributed by atoms with Crippen LogP contribution in [-0.4, -0.2) is 29.5 Å². The molecule has 1 aromatic rings. The van der Waals surface area contributed by atoms with Crippen LogP contribution in [0.5, 0.6) is 0 Å². The van der Waals surface area contributed by atoms with Crippen molar-refractivity contribution in [3.8, 4) is 0 Å². The molecule has 0 radical (unpaired) electrons. The van der Waals surface area contributed by atoms with Gasteiger partial charge >= 0.3 is 0 Å². The first kappa shape index (κ1) is 15.0. The van der Waals surface area contributed by atoms with Gasteiger partial charge in [-0.1, -0.05) is 20.8 Å². The van der Waals surface area contributed by atoms with Gasteiger partial charge in [-0.3, -0.25) is 9.88 Å². The van der Waals surface area contributed by atoms with E-state index in [4.69, 9.17) is 0 Å². The summed E-state index contributed by atoms with van der Waals surface area (Å²) in [5.41, 5.74) is 2.56. The van der Waals surface area contributed by atoms with Crippen molar-refractivity contribution < 1.29 is 0 Å². The third-order valence-electron chi connectivity index (χ3n) is 3.52. The van der Waals surface area contributed by atoms with Crippen LogP contribution in [0.25, 0.3) is 0 Å². The Morgan fingerprint density at radius 3 is 2.61 bits per heavy atom. The summed E-state index contributed by atoms with van der Waals surface area (Å²) in [6.07, 6.45) is 1.88. The molecule has 1 aromatic heterocycles. The molecule has 102 valence electrons. The number of anilines is 1. The number of aromatic nitrogens is 1. The molecule has 1 N–H and O–H groups in total. The van der Waals surface area contributed by atoms with E-state index in [0.717, 1.165) is 24.5 Å². The Balaban J connectivity index is 2.69. The molecule has 0 bridgehead atoms. The zero-order valence-electron chi connectivity index (χ0n) is 12.6. The first-order valence-corrected chi connectivity index (χ1v) is 6.73. The lowest BCUT2D eigenvalue weighted by Gasteiger charge is -2.35. The van der Waals surface area contributed by atoms with Crippen molar-refractivity contribution in [1.82, 2.24) is 9.88 Å². The molecule has 3 heteroatoms. The van der Waals surface area contributed by atoms with Crippen LogP contribution in [0.1, 0.15) is 40.3 Å². The van der Waals surface area contributed by atoms with Crippen LogP contribution >= 0.6 is 0 Å². The van der Waals surface area contributed by atoms with Crippen molar-refractivity contribution in [3.63, 3.8) is 0 Å². The Kier molecular flexibility index (Phi) is 5.15. The minimum absolute atomic E-state index is 0.286. The number of hydrogen-bond acceptors (Lipinski definition) is 3. The van der Waals surface area contributed by atoms with E-state index in [9.17, 15) is 0 Å². The normalized spacial score (nSPS) is 13.7. The Hall–Kier alpha value is -1.09. The molecule has 1 rings (SSSR count). The monoisotopic (exact) mass is 249 g/mol. The molecule has 18 heavy (non-hydrogen) atoms. The second-order valence-electron chi connectivity index (χ2n) is 6.02. The molecular formula is C15H27N3. The zero-order chi connectivity index (χ0) is 13.8. The van der Waals surface area contributed by atoms with Crippen LogP contribution in [0, 0.1) is 5.41 Å². The smallest absolute Gasteiger partial charge is 0.0564 e. The first-order chi connectivity index (χ1) is 8.34. The molecule has 1 atom stereocenters. The van der Waals surface area contributed by atoms with E-state index in [-0.39, 0.29) is 5.41 Å². The summed E-state index contributed by atoms with van der Waals surface area (Å²) >= 11 is 0. The quantitative estimate of drug-likeness (QED) is 0.867. The highest BCUT2D eigenvalue weighted by molar-refractivity contribution is 5.42. The summed E-state index contributed by atoms with van der Waals surface area (Å²) in [5.74, 6) is 0. The highest BCUT2D eigenvalue weighted by Gasteiger charge is 2.23. The Morgan fingerprint density at radius 2 is 2.06 bits per heavy atom. The molecule has 1 heterocycles. The minimum atomic E-state index is 0.286. The fraction of sp³-hybridized carbons (Fsp3) is 0.667. The molecule has 0 aliphatic heterocycles. The number of nitrogens with one attached hydrogen (secondary N) is 1. The summed E-state index contributed by atoms with van der Waals surface area (Å²) in [5, 5.41) is 3.32. The highest BCUT2D eigenvalue weighted by Crippen LogP contribution is 2.24. The molecule has 0 saturated heterocycles. The van der Waals surface area contributed by atoms with E-state index < -0.39 is 0 Å². The predicted octanol–water partition coefficient (Wildman–Crippen LogP) is 3.38. The number of rotatable bonds is 5. The average molecular weight is 249 g/mol. The van der Waals surface area contributed by atoms with E-state index in [1.54, 1.807) is 0 Å². The lowest BCUT2D eigenvalue weighted by atomic mass is 9.87. The van der Waals surface area contributed by atoms with Crippen molar-refractivity contribution >= 4 is 5.69 Å². The lowest BCUT2D eigenvalue weighted by molar-refractivity contribution is 0.133. The molecular weight excluding hydrogens is 222 g/mol. The maximum atomic E-state index is 4.44. The number of nitrogens with zero attached hydrogens (tertiary/aromatic N) is 2. The molecule has 0 saturated carbocycles. The van der Waals surface area contributed by atoms with Crippen molar-refractivity contribution in [2.24, 2.45) is 5.41 Å². The maximum Gasteiger partial charge on any atom is 0.0564 e. The molecule has 0 fully saturated rings. The van der Waals surface area contributed by atoms with Crippen LogP contribution in [0.2, 0.25) is 0 Å². The van der Waals surface area contributed by atoms with Crippen molar-refractivity contribution in [2.45, 2.75) is 47.2 Å². The standard InChI is InChI=1S/C15H27N3/c1-7-16-13-8-9-17-14(10-13)11-18(6)12(2)15(3,4)5/h8-10,12H,7,11H2,1-6H3,(H,16,17). The number of hydrogen-bond donors (Lipinski definition) is 1. The second kappa shape index (κ2) is 6.19. The summed E-state index contributed by atoms with van der Waals surface area (Å²) in [7, 11) is 2.16. The third-order valence-corrected chi connectivity index (χ3v) is 3.52. The highest BCUT2D eigenvalue weighted by atomic mass is 15.1. The second-order valence-corrected chi connectivity index (χ2v) is 6.02. The van der Waals surface area contributed by atoms with Crippen LogP contribution in [0.3, 0.4) is 0 Å². The van der Waals surface area contributed by atoms with Gasteiger partial charge in [0.25, 0.3) is 0 Å². The van der Waals surface area contributed by atoms with Gasteiger partial charge in [0.2, 0.25) is 0 Å². The van der Waals surface area contributed by atoms with E-state index in [1.807, 2.05) is 12.3 Å². The van der Waals surface area contributed by atoms with Crippen LogP contribution in [-0.2, 0) is 6.54 Å². The third kappa shape index (κ3) is 4.30. The summed E-state index contributed by atoms with van der Waals surface area (Å²) in [4.78, 5) is 6.80. The van der Waals surface area contributed by atoms with E-state index in [2.05, 4.69) is 62.9 Å². The minimum Gasteiger partial charge on any atom is -0.385 e. The van der Waals surface area contributed by atoms with Gasteiger partial charge in [-0.2, -0.15) is 0 Å². The molecule has 0 aliphatic rings. The average Bonchev–Trinajstić information content (AvgIpc) is 2.27. The van der Waals surface area contributed by atoms with E-state index >= 15 is 0 Å². The lowest BCUT2D eigenvalue weighted by Crippen LogP contribution is -2.38. The summed E-state index contributed by atoms with van der Waals surface area (Å²) in [6, 6.07) is 4.66. The van der Waals surface area contributed by atoms with Crippen molar-refractivity contribution in [3.05, 3.63) is 24.0 Å². The Labute approximate surface area is 112 Å². The topological polar surface area (TPSA) is 28.2 Å². The van der Waals surface area contributed by atoms with Gasteiger partial charge in [0.1, 0.15) is 0 Å². The van der Waals surface area contributed by atoms with Crippen molar-refractivity contribution in [2.75, 3.05) is 18.9 Å². The zero-order valence-corrected chi connectivity index (χ0v) is 12.6. The number of pyridine rings is 1. The van der Waals surface area contributed by atoms with Gasteiger partial charge in [-0.05, 0) is 38.4 Å². The summed E-state index contributed by atoms with van der Waals surface area (Å²) in [6.45, 7) is 13.0. The first-order valence-electron chi connectivity index (χ1n) is 6.73. The van der Waals surface area contributed by atoms with Gasteiger partial charge < -0.3 is 5.32 Å². The van der Waals surface area contributed by atoms with Gasteiger partial charge in [0, 0.05) is 31.0 Å². The predicted molar refractivity (Wildman–Crippen MR) is 78.8 cm³/mol. The van der Waals surface area contributed by atoms with Gasteiger partial charge in [-0.15, -0.1) is 0 Å². The molecule has 0 amide bonds. The molecule has 0 aromatic carbocycles. The molecule has 0 aliphatic carbocycles. The largest absolute Gasteiger partial charge is 0.385 e. The fourth-order valence-corrected chi connectivity index (χ4v) is 1.93. The van der Waals surface area contributed by atoms with Gasteiger partial charge in [-0.25, -0.2) is 0 Å². The fourth-order valence-electron chi connectivity index (χ4n) is 1.93. The Morgan fingerprint density at radius 1 is 1.39 bits per heavy atom. The Bertz CT molecular complexity index is 368. The van der Waals surface area contributed by atoms with Gasteiger partial charge in [0.05, 0.1) is 5.69 Å². The van der Waals surface area contributed by atoms with Crippen LogP contribution < -0.4 is 5.32 Å². The molecule has 0 spiro atoms. The van der Waals surface area contributed by atoms with E-state index in [0.29, 0.717) is 6.04 Å². The molecule has 1 unspecified atom stereocenters. The van der Waals surface area contributed by atoms with Crippen molar-refractivity contribution in [1.29, 1.82) is 0 Å². The summed E-state index contributed by atoms with van der Waals surface area (Å²) < 4.78 is 0. The van der Waals surface area contributed by atoms with Crippen LogP contribution in [0.15, 0.2) is 18.3 Å².